The number of nitrogens with one attached hydrogen (secondary N) is 1. The Morgan fingerprint density at radius 2 is 2.00 bits per heavy atom. The van der Waals surface area contributed by atoms with Crippen molar-refractivity contribution in [2.24, 2.45) is 5.92 Å². The number of ether oxygens (including phenoxy) is 2. The molecule has 1 N–H and O–H groups in total. The van der Waals surface area contributed by atoms with E-state index in [4.69, 9.17) is 9.47 Å². The van der Waals surface area contributed by atoms with E-state index in [9.17, 15) is 0 Å². The summed E-state index contributed by atoms with van der Waals surface area (Å²) < 4.78 is 10.9. The Labute approximate surface area is 116 Å². The van der Waals surface area contributed by atoms with Crippen molar-refractivity contribution >= 4 is 0 Å². The molecule has 3 heteroatoms. The van der Waals surface area contributed by atoms with Gasteiger partial charge in [0.25, 0.3) is 0 Å². The molecule has 0 aromatic heterocycles. The van der Waals surface area contributed by atoms with Crippen molar-refractivity contribution in [3.05, 3.63) is 23.8 Å². The standard InChI is InChI=1S/C16H25NO2/c1-5-17-15-8-7-13(11(15)2)14-10-12(18-3)6-9-16(14)19-4/h6,9-11,13,15,17H,5,7-8H2,1-4H3. The molecule has 2 rings (SSSR count). The van der Waals surface area contributed by atoms with Crippen LogP contribution in [0, 0.1) is 5.92 Å². The lowest BCUT2D eigenvalue weighted by Gasteiger charge is -2.23. The Kier molecular flexibility index (Phi) is 4.70. The lowest BCUT2D eigenvalue weighted by molar-refractivity contribution is 0.377. The molecule has 19 heavy (non-hydrogen) atoms. The summed E-state index contributed by atoms with van der Waals surface area (Å²) in [6.07, 6.45) is 2.45. The fourth-order valence-corrected chi connectivity index (χ4v) is 3.28. The first-order valence-corrected chi connectivity index (χ1v) is 7.16. The average Bonchev–Trinajstić information content (AvgIpc) is 2.80. The normalized spacial score (nSPS) is 26.4. The summed E-state index contributed by atoms with van der Waals surface area (Å²) in [6, 6.07) is 6.73. The average molecular weight is 263 g/mol. The molecule has 1 aliphatic rings. The van der Waals surface area contributed by atoms with Crippen LogP contribution < -0.4 is 14.8 Å². The first-order valence-electron chi connectivity index (χ1n) is 7.16. The zero-order valence-electron chi connectivity index (χ0n) is 12.4. The molecular weight excluding hydrogens is 238 g/mol. The molecule has 0 heterocycles. The summed E-state index contributed by atoms with van der Waals surface area (Å²) in [5.74, 6) is 3.07. The van der Waals surface area contributed by atoms with E-state index in [1.807, 2.05) is 12.1 Å². The van der Waals surface area contributed by atoms with Gasteiger partial charge < -0.3 is 14.8 Å². The molecule has 0 spiro atoms. The van der Waals surface area contributed by atoms with Gasteiger partial charge in [0.15, 0.2) is 0 Å². The quantitative estimate of drug-likeness (QED) is 0.885. The fourth-order valence-electron chi connectivity index (χ4n) is 3.28. The molecule has 0 aliphatic heterocycles. The third-order valence-electron chi connectivity index (χ3n) is 4.36. The van der Waals surface area contributed by atoms with Crippen LogP contribution in [0.15, 0.2) is 18.2 Å². The van der Waals surface area contributed by atoms with Gasteiger partial charge in [0, 0.05) is 11.6 Å². The van der Waals surface area contributed by atoms with Gasteiger partial charge in [-0.15, -0.1) is 0 Å². The van der Waals surface area contributed by atoms with Crippen LogP contribution in [0.5, 0.6) is 11.5 Å². The highest BCUT2D eigenvalue weighted by molar-refractivity contribution is 5.43. The second-order valence-corrected chi connectivity index (χ2v) is 5.32. The van der Waals surface area contributed by atoms with Gasteiger partial charge in [0.05, 0.1) is 14.2 Å². The van der Waals surface area contributed by atoms with Crippen LogP contribution in [0.2, 0.25) is 0 Å². The largest absolute Gasteiger partial charge is 0.497 e. The Morgan fingerprint density at radius 3 is 2.63 bits per heavy atom. The summed E-state index contributed by atoms with van der Waals surface area (Å²) in [7, 11) is 3.46. The molecule has 106 valence electrons. The topological polar surface area (TPSA) is 30.5 Å². The van der Waals surface area contributed by atoms with Gasteiger partial charge in [-0.2, -0.15) is 0 Å². The smallest absolute Gasteiger partial charge is 0.122 e. The van der Waals surface area contributed by atoms with Gasteiger partial charge in [-0.1, -0.05) is 13.8 Å². The van der Waals surface area contributed by atoms with Crippen LogP contribution in [0.3, 0.4) is 0 Å². The first-order chi connectivity index (χ1) is 9.21. The summed E-state index contributed by atoms with van der Waals surface area (Å²) in [4.78, 5) is 0. The zero-order chi connectivity index (χ0) is 13.8. The number of rotatable bonds is 5. The zero-order valence-corrected chi connectivity index (χ0v) is 12.4. The maximum atomic E-state index is 5.52. The lowest BCUT2D eigenvalue weighted by Crippen LogP contribution is -2.32. The second-order valence-electron chi connectivity index (χ2n) is 5.32. The van der Waals surface area contributed by atoms with Crippen molar-refractivity contribution in [1.29, 1.82) is 0 Å². The van der Waals surface area contributed by atoms with E-state index in [0.29, 0.717) is 17.9 Å². The molecule has 1 aliphatic carbocycles. The molecule has 0 bridgehead atoms. The number of hydrogen-bond donors (Lipinski definition) is 1. The Morgan fingerprint density at radius 1 is 1.21 bits per heavy atom. The van der Waals surface area contributed by atoms with Crippen LogP contribution in [0.25, 0.3) is 0 Å². The minimum Gasteiger partial charge on any atom is -0.497 e. The van der Waals surface area contributed by atoms with E-state index in [1.54, 1.807) is 14.2 Å². The second kappa shape index (κ2) is 6.29. The Balaban J connectivity index is 2.26. The van der Waals surface area contributed by atoms with Crippen LogP contribution >= 0.6 is 0 Å². The van der Waals surface area contributed by atoms with Crippen molar-refractivity contribution in [2.45, 2.75) is 38.6 Å². The number of methoxy groups -OCH3 is 2. The van der Waals surface area contributed by atoms with E-state index in [-0.39, 0.29) is 0 Å². The van der Waals surface area contributed by atoms with Gasteiger partial charge in [0.2, 0.25) is 0 Å². The SMILES string of the molecule is CCNC1CCC(c2cc(OC)ccc2OC)C1C. The van der Waals surface area contributed by atoms with Crippen molar-refractivity contribution in [3.8, 4) is 11.5 Å². The maximum Gasteiger partial charge on any atom is 0.122 e. The summed E-state index contributed by atoms with van der Waals surface area (Å²) in [5, 5.41) is 3.59. The molecule has 1 aromatic rings. The summed E-state index contributed by atoms with van der Waals surface area (Å²) in [6.45, 7) is 5.55. The van der Waals surface area contributed by atoms with Crippen LogP contribution in [0.1, 0.15) is 38.2 Å². The molecule has 3 unspecified atom stereocenters. The maximum absolute atomic E-state index is 5.52. The molecule has 3 nitrogen and oxygen atoms in total. The van der Waals surface area contributed by atoms with E-state index < -0.39 is 0 Å². The van der Waals surface area contributed by atoms with E-state index in [0.717, 1.165) is 18.0 Å². The van der Waals surface area contributed by atoms with E-state index >= 15 is 0 Å². The Hall–Kier alpha value is -1.22. The lowest BCUT2D eigenvalue weighted by atomic mass is 9.88. The predicted molar refractivity (Wildman–Crippen MR) is 78.1 cm³/mol. The number of benzene rings is 1. The first kappa shape index (κ1) is 14.2. The third kappa shape index (κ3) is 2.86. The molecule has 3 atom stereocenters. The third-order valence-corrected chi connectivity index (χ3v) is 4.36. The van der Waals surface area contributed by atoms with Crippen molar-refractivity contribution in [2.75, 3.05) is 20.8 Å². The molecule has 0 saturated heterocycles. The highest BCUT2D eigenvalue weighted by Gasteiger charge is 2.34. The Bertz CT molecular complexity index is 419. The summed E-state index contributed by atoms with van der Waals surface area (Å²) in [5.41, 5.74) is 1.29. The molecule has 0 radical (unpaired) electrons. The fraction of sp³-hybridized carbons (Fsp3) is 0.625. The van der Waals surface area contributed by atoms with Crippen LogP contribution in [-0.2, 0) is 0 Å². The summed E-state index contributed by atoms with van der Waals surface area (Å²) >= 11 is 0. The van der Waals surface area contributed by atoms with Crippen LogP contribution in [-0.4, -0.2) is 26.8 Å². The molecule has 1 fully saturated rings. The monoisotopic (exact) mass is 263 g/mol. The minimum atomic E-state index is 0.550. The van der Waals surface area contributed by atoms with Crippen molar-refractivity contribution in [1.82, 2.24) is 5.32 Å². The van der Waals surface area contributed by atoms with Gasteiger partial charge in [-0.05, 0) is 49.4 Å². The molecule has 1 saturated carbocycles. The van der Waals surface area contributed by atoms with E-state index in [1.165, 1.54) is 18.4 Å². The van der Waals surface area contributed by atoms with Crippen LogP contribution in [0.4, 0.5) is 0 Å². The predicted octanol–water partition coefficient (Wildman–Crippen LogP) is 3.20. The van der Waals surface area contributed by atoms with Gasteiger partial charge in [-0.3, -0.25) is 0 Å². The molecule has 0 amide bonds. The minimum absolute atomic E-state index is 0.550. The van der Waals surface area contributed by atoms with E-state index in [2.05, 4.69) is 25.2 Å². The number of hydrogen-bond acceptors (Lipinski definition) is 3. The highest BCUT2D eigenvalue weighted by atomic mass is 16.5. The highest BCUT2D eigenvalue weighted by Crippen LogP contribution is 2.44. The molecule has 1 aromatic carbocycles. The van der Waals surface area contributed by atoms with Gasteiger partial charge in [0.1, 0.15) is 11.5 Å². The van der Waals surface area contributed by atoms with Crippen molar-refractivity contribution in [3.63, 3.8) is 0 Å². The van der Waals surface area contributed by atoms with Crippen molar-refractivity contribution < 1.29 is 9.47 Å². The van der Waals surface area contributed by atoms with Gasteiger partial charge in [-0.25, -0.2) is 0 Å². The molecular formula is C16H25NO2. The van der Waals surface area contributed by atoms with Gasteiger partial charge >= 0.3 is 0 Å².